The molecule has 0 radical (unpaired) electrons. The molecule has 2 unspecified atom stereocenters. The number of carbonyl (C=O) groups excluding carboxylic acids is 3. The van der Waals surface area contributed by atoms with Crippen LogP contribution in [0.1, 0.15) is 78.6 Å². The third-order valence-electron chi connectivity index (χ3n) is 9.61. The molecule has 8 nitrogen and oxygen atoms in total. The van der Waals surface area contributed by atoms with Crippen LogP contribution in [-0.2, 0) is 23.9 Å². The minimum absolute atomic E-state index is 0.0756. The van der Waals surface area contributed by atoms with Crippen molar-refractivity contribution in [1.82, 2.24) is 9.80 Å². The first-order chi connectivity index (χ1) is 18.2. The van der Waals surface area contributed by atoms with Crippen molar-refractivity contribution >= 4 is 17.8 Å². The maximum atomic E-state index is 14.6. The van der Waals surface area contributed by atoms with Gasteiger partial charge >= 0.3 is 5.97 Å². The van der Waals surface area contributed by atoms with Gasteiger partial charge in [-0.1, -0.05) is 52.2 Å². The topological polar surface area (TPSA) is 96.4 Å². The van der Waals surface area contributed by atoms with Crippen molar-refractivity contribution in [3.63, 3.8) is 0 Å². The molecule has 2 amide bonds. The van der Waals surface area contributed by atoms with Gasteiger partial charge < -0.3 is 24.4 Å². The normalized spacial score (nSPS) is 33.3. The van der Waals surface area contributed by atoms with Crippen molar-refractivity contribution in [3.8, 4) is 0 Å². The first kappa shape index (κ1) is 28.8. The molecule has 3 heterocycles. The van der Waals surface area contributed by atoms with Gasteiger partial charge in [-0.15, -0.1) is 13.2 Å². The van der Waals surface area contributed by atoms with Gasteiger partial charge in [-0.05, 0) is 44.4 Å². The third-order valence-corrected chi connectivity index (χ3v) is 9.61. The molecule has 8 heteroatoms. The molecular formula is C30H46N2O6. The van der Waals surface area contributed by atoms with E-state index in [1.165, 1.54) is 0 Å². The molecule has 0 aromatic rings. The molecule has 1 spiro atoms. The Morgan fingerprint density at radius 1 is 1.21 bits per heavy atom. The number of hydrogen-bond donors (Lipinski definition) is 1. The molecule has 6 atom stereocenters. The summed E-state index contributed by atoms with van der Waals surface area (Å²) in [6.07, 6.45) is 10.7. The first-order valence-electron chi connectivity index (χ1n) is 14.5. The van der Waals surface area contributed by atoms with Crippen LogP contribution in [0.2, 0.25) is 0 Å². The summed E-state index contributed by atoms with van der Waals surface area (Å²) in [5.41, 5.74) is -1.96. The molecule has 4 fully saturated rings. The Bertz CT molecular complexity index is 930. The second-order valence-electron chi connectivity index (χ2n) is 11.9. The lowest BCUT2D eigenvalue weighted by Gasteiger charge is -2.43. The molecule has 3 aliphatic heterocycles. The van der Waals surface area contributed by atoms with Crippen molar-refractivity contribution in [1.29, 1.82) is 0 Å². The van der Waals surface area contributed by atoms with E-state index in [1.807, 2.05) is 25.7 Å². The van der Waals surface area contributed by atoms with E-state index in [9.17, 15) is 19.5 Å². The summed E-state index contributed by atoms with van der Waals surface area (Å²) in [7, 11) is 0. The SMILES string of the molecule is C=CCCOC(=O)[C@H]1[C@H]2C(=O)N([C@@H](CO)C(C)C)C(C(=O)N(CC=C)C3CCCCC3)C23CC[C@]1(CC)O3. The lowest BCUT2D eigenvalue weighted by atomic mass is 9.65. The molecule has 4 rings (SSSR count). The zero-order valence-electron chi connectivity index (χ0n) is 23.4. The monoisotopic (exact) mass is 530 g/mol. The fourth-order valence-electron chi connectivity index (χ4n) is 7.71. The van der Waals surface area contributed by atoms with E-state index < -0.39 is 41.1 Å². The quantitative estimate of drug-likeness (QED) is 0.235. The number of rotatable bonds is 12. The number of aliphatic hydroxyl groups excluding tert-OH is 1. The summed E-state index contributed by atoms with van der Waals surface area (Å²) in [6, 6.07) is -1.39. The second kappa shape index (κ2) is 11.5. The highest BCUT2D eigenvalue weighted by Crippen LogP contribution is 2.65. The first-order valence-corrected chi connectivity index (χ1v) is 14.5. The number of hydrogen-bond acceptors (Lipinski definition) is 6. The van der Waals surface area contributed by atoms with Crippen molar-refractivity contribution in [2.45, 2.75) is 108 Å². The Balaban J connectivity index is 1.80. The summed E-state index contributed by atoms with van der Waals surface area (Å²) < 4.78 is 12.5. The molecule has 4 aliphatic rings. The number of likely N-dealkylation sites (tertiary alicyclic amines) is 1. The number of aliphatic hydroxyl groups is 1. The molecule has 212 valence electrons. The number of fused-ring (bicyclic) bond motifs is 1. The molecule has 3 saturated heterocycles. The van der Waals surface area contributed by atoms with Crippen LogP contribution in [0.15, 0.2) is 25.3 Å². The van der Waals surface area contributed by atoms with Crippen LogP contribution in [0.5, 0.6) is 0 Å². The van der Waals surface area contributed by atoms with E-state index in [0.717, 1.165) is 32.1 Å². The van der Waals surface area contributed by atoms with Crippen LogP contribution < -0.4 is 0 Å². The van der Waals surface area contributed by atoms with Crippen molar-refractivity contribution in [3.05, 3.63) is 25.3 Å². The van der Waals surface area contributed by atoms with Crippen LogP contribution in [0.4, 0.5) is 0 Å². The summed E-state index contributed by atoms with van der Waals surface area (Å²) in [5.74, 6) is -2.56. The number of carbonyl (C=O) groups is 3. The van der Waals surface area contributed by atoms with Gasteiger partial charge in [-0.2, -0.15) is 0 Å². The lowest BCUT2D eigenvalue weighted by molar-refractivity contribution is -0.164. The average Bonchev–Trinajstić information content (AvgIpc) is 3.52. The van der Waals surface area contributed by atoms with E-state index >= 15 is 0 Å². The van der Waals surface area contributed by atoms with Crippen LogP contribution in [0.25, 0.3) is 0 Å². The van der Waals surface area contributed by atoms with E-state index in [-0.39, 0.29) is 37.0 Å². The van der Waals surface area contributed by atoms with Crippen LogP contribution in [0, 0.1) is 17.8 Å². The lowest BCUT2D eigenvalue weighted by Crippen LogP contribution is -2.61. The number of esters is 1. The van der Waals surface area contributed by atoms with E-state index in [2.05, 4.69) is 13.2 Å². The van der Waals surface area contributed by atoms with Gasteiger partial charge in [0.15, 0.2) is 0 Å². The van der Waals surface area contributed by atoms with Gasteiger partial charge in [0.05, 0.1) is 30.8 Å². The van der Waals surface area contributed by atoms with E-state index in [1.54, 1.807) is 17.1 Å². The smallest absolute Gasteiger partial charge is 0.312 e. The molecule has 1 saturated carbocycles. The minimum Gasteiger partial charge on any atom is -0.465 e. The van der Waals surface area contributed by atoms with Gasteiger partial charge in [-0.25, -0.2) is 0 Å². The highest BCUT2D eigenvalue weighted by atomic mass is 16.6. The second-order valence-corrected chi connectivity index (χ2v) is 11.9. The van der Waals surface area contributed by atoms with Crippen molar-refractivity contribution < 1.29 is 29.0 Å². The van der Waals surface area contributed by atoms with Crippen molar-refractivity contribution in [2.75, 3.05) is 19.8 Å². The van der Waals surface area contributed by atoms with Gasteiger partial charge in [0.2, 0.25) is 11.8 Å². The standard InChI is InChI=1S/C30H46N2O6/c1-6-9-18-37-28(36)24-23-26(34)32(22(19-33)20(4)5)25(30(23)16-15-29(24,8-3)38-30)27(35)31(17-7-2)21-13-11-10-12-14-21/h6-7,20-25,33H,1-2,8-19H2,3-5H3/t22-,23-,24+,25?,29-,30?/m0/s1. The molecular weight excluding hydrogens is 484 g/mol. The Morgan fingerprint density at radius 2 is 1.92 bits per heavy atom. The molecule has 2 bridgehead atoms. The summed E-state index contributed by atoms with van der Waals surface area (Å²) in [5, 5.41) is 10.4. The van der Waals surface area contributed by atoms with Gasteiger partial charge in [0.25, 0.3) is 0 Å². The molecule has 1 aliphatic carbocycles. The van der Waals surface area contributed by atoms with E-state index in [4.69, 9.17) is 9.47 Å². The van der Waals surface area contributed by atoms with Crippen molar-refractivity contribution in [2.24, 2.45) is 17.8 Å². The fraction of sp³-hybridized carbons (Fsp3) is 0.767. The van der Waals surface area contributed by atoms with Crippen LogP contribution in [0.3, 0.4) is 0 Å². The Labute approximate surface area is 227 Å². The molecule has 1 N–H and O–H groups in total. The summed E-state index contributed by atoms with van der Waals surface area (Å²) in [4.78, 5) is 46.0. The van der Waals surface area contributed by atoms with E-state index in [0.29, 0.717) is 32.2 Å². The maximum Gasteiger partial charge on any atom is 0.312 e. The van der Waals surface area contributed by atoms with Gasteiger partial charge in [0.1, 0.15) is 17.6 Å². The van der Waals surface area contributed by atoms with Gasteiger partial charge in [-0.3, -0.25) is 14.4 Å². The maximum absolute atomic E-state index is 14.6. The summed E-state index contributed by atoms with van der Waals surface area (Å²) >= 11 is 0. The predicted molar refractivity (Wildman–Crippen MR) is 144 cm³/mol. The van der Waals surface area contributed by atoms with Crippen LogP contribution in [-0.4, -0.2) is 81.8 Å². The highest BCUT2D eigenvalue weighted by molar-refractivity contribution is 5.99. The van der Waals surface area contributed by atoms with Gasteiger partial charge in [0, 0.05) is 12.6 Å². The molecule has 0 aromatic carbocycles. The minimum atomic E-state index is -1.12. The fourth-order valence-corrected chi connectivity index (χ4v) is 7.71. The number of ether oxygens (including phenoxy) is 2. The molecule has 38 heavy (non-hydrogen) atoms. The summed E-state index contributed by atoms with van der Waals surface area (Å²) in [6.45, 7) is 13.8. The molecule has 0 aromatic heterocycles. The average molecular weight is 531 g/mol. The Morgan fingerprint density at radius 3 is 2.50 bits per heavy atom. The van der Waals surface area contributed by atoms with Crippen LogP contribution >= 0.6 is 0 Å². The predicted octanol–water partition coefficient (Wildman–Crippen LogP) is 3.62. The third kappa shape index (κ3) is 4.51. The highest BCUT2D eigenvalue weighted by Gasteiger charge is 2.79. The Hall–Kier alpha value is -2.19. The number of nitrogens with zero attached hydrogens (tertiary/aromatic N) is 2. The largest absolute Gasteiger partial charge is 0.465 e. The Kier molecular flexibility index (Phi) is 8.72. The number of amides is 2. The zero-order chi connectivity index (χ0) is 27.7. The zero-order valence-corrected chi connectivity index (χ0v) is 23.4.